The van der Waals surface area contributed by atoms with Crippen LogP contribution in [0.15, 0.2) is 67.0 Å². The molecule has 1 fully saturated rings. The van der Waals surface area contributed by atoms with Crippen molar-refractivity contribution in [3.8, 4) is 11.1 Å². The van der Waals surface area contributed by atoms with Gasteiger partial charge in [0, 0.05) is 49.0 Å². The standard InChI is InChI=1S/C25H24N6O2/c1-16(32)29-19-7-2-5-17(13-19)20-8-3-6-18-14-28-25(31-23(18)20)30-21-9-4-10-27-24(21)22-15-26-11-12-33-22/h2-10,13-14,22,26H,11-12,15H2,1H3,(H,29,32)(H,28,30,31). The van der Waals surface area contributed by atoms with E-state index < -0.39 is 0 Å². The maximum absolute atomic E-state index is 11.5. The van der Waals surface area contributed by atoms with Gasteiger partial charge in [0.25, 0.3) is 0 Å². The zero-order chi connectivity index (χ0) is 22.6. The average molecular weight is 441 g/mol. The molecule has 1 amide bonds. The summed E-state index contributed by atoms with van der Waals surface area (Å²) in [5.74, 6) is 0.370. The van der Waals surface area contributed by atoms with Crippen molar-refractivity contribution in [3.05, 3.63) is 72.7 Å². The molecule has 3 N–H and O–H groups in total. The van der Waals surface area contributed by atoms with E-state index in [4.69, 9.17) is 9.72 Å². The molecule has 5 rings (SSSR count). The lowest BCUT2D eigenvalue weighted by Crippen LogP contribution is -2.34. The van der Waals surface area contributed by atoms with Gasteiger partial charge in [0.15, 0.2) is 0 Å². The van der Waals surface area contributed by atoms with Crippen molar-refractivity contribution in [2.45, 2.75) is 13.0 Å². The predicted molar refractivity (Wildman–Crippen MR) is 128 cm³/mol. The first-order valence-electron chi connectivity index (χ1n) is 10.9. The number of hydrogen-bond acceptors (Lipinski definition) is 7. The van der Waals surface area contributed by atoms with Crippen molar-refractivity contribution < 1.29 is 9.53 Å². The molecule has 0 saturated carbocycles. The first-order valence-corrected chi connectivity index (χ1v) is 10.9. The highest BCUT2D eigenvalue weighted by Crippen LogP contribution is 2.31. The Morgan fingerprint density at radius 1 is 1.12 bits per heavy atom. The summed E-state index contributed by atoms with van der Waals surface area (Å²) >= 11 is 0. The van der Waals surface area contributed by atoms with Crippen LogP contribution in [0.1, 0.15) is 18.7 Å². The molecule has 2 aromatic carbocycles. The maximum atomic E-state index is 11.5. The molecule has 0 spiro atoms. The SMILES string of the molecule is CC(=O)Nc1cccc(-c2cccc3cnc(Nc4cccnc4C4CNCCO4)nc23)c1. The van der Waals surface area contributed by atoms with Gasteiger partial charge < -0.3 is 20.7 Å². The van der Waals surface area contributed by atoms with Crippen LogP contribution in [-0.4, -0.2) is 40.6 Å². The van der Waals surface area contributed by atoms with Gasteiger partial charge in [0.05, 0.1) is 23.5 Å². The number of carbonyl (C=O) groups is 1. The highest BCUT2D eigenvalue weighted by atomic mass is 16.5. The van der Waals surface area contributed by atoms with Crippen molar-refractivity contribution in [1.82, 2.24) is 20.3 Å². The molecular formula is C25H24N6O2. The zero-order valence-electron chi connectivity index (χ0n) is 18.2. The predicted octanol–water partition coefficient (Wildman–Crippen LogP) is 4.05. The molecule has 8 heteroatoms. The number of pyridine rings is 1. The molecule has 1 unspecified atom stereocenters. The molecule has 166 valence electrons. The Morgan fingerprint density at radius 3 is 2.88 bits per heavy atom. The molecule has 4 aromatic rings. The normalized spacial score (nSPS) is 15.8. The molecule has 1 saturated heterocycles. The second kappa shape index (κ2) is 9.32. The first-order chi connectivity index (χ1) is 16.2. The summed E-state index contributed by atoms with van der Waals surface area (Å²) in [6, 6.07) is 17.5. The first kappa shape index (κ1) is 21.0. The summed E-state index contributed by atoms with van der Waals surface area (Å²) in [4.78, 5) is 25.4. The molecule has 1 aliphatic heterocycles. The molecule has 2 aromatic heterocycles. The van der Waals surface area contributed by atoms with Crippen LogP contribution in [0.25, 0.3) is 22.0 Å². The molecule has 0 bridgehead atoms. The smallest absolute Gasteiger partial charge is 0.227 e. The summed E-state index contributed by atoms with van der Waals surface area (Å²) in [6.45, 7) is 3.69. The highest BCUT2D eigenvalue weighted by molar-refractivity contribution is 5.95. The Hall–Kier alpha value is -3.88. The van der Waals surface area contributed by atoms with Gasteiger partial charge in [-0.2, -0.15) is 0 Å². The van der Waals surface area contributed by atoms with Gasteiger partial charge in [0.2, 0.25) is 11.9 Å². The Bertz CT molecular complexity index is 1300. The van der Waals surface area contributed by atoms with Gasteiger partial charge in [-0.05, 0) is 29.8 Å². The number of ether oxygens (including phenoxy) is 1. The Labute approximate surface area is 191 Å². The van der Waals surface area contributed by atoms with Crippen molar-refractivity contribution in [3.63, 3.8) is 0 Å². The van der Waals surface area contributed by atoms with Gasteiger partial charge in [0.1, 0.15) is 6.10 Å². The van der Waals surface area contributed by atoms with Crippen molar-refractivity contribution in [2.75, 3.05) is 30.3 Å². The molecule has 1 atom stereocenters. The number of hydrogen-bond donors (Lipinski definition) is 3. The fourth-order valence-electron chi connectivity index (χ4n) is 3.96. The van der Waals surface area contributed by atoms with Crippen molar-refractivity contribution in [1.29, 1.82) is 0 Å². The van der Waals surface area contributed by atoms with Gasteiger partial charge in [-0.15, -0.1) is 0 Å². The summed E-state index contributed by atoms with van der Waals surface area (Å²) in [6.07, 6.45) is 3.44. The lowest BCUT2D eigenvalue weighted by Gasteiger charge is -2.24. The van der Waals surface area contributed by atoms with Gasteiger partial charge in [-0.3, -0.25) is 9.78 Å². The number of amides is 1. The zero-order valence-corrected chi connectivity index (χ0v) is 18.2. The number of morpholine rings is 1. The molecule has 0 radical (unpaired) electrons. The van der Waals surface area contributed by atoms with E-state index in [2.05, 4.69) is 25.9 Å². The summed E-state index contributed by atoms with van der Waals surface area (Å²) in [7, 11) is 0. The topological polar surface area (TPSA) is 101 Å². The van der Waals surface area contributed by atoms with Gasteiger partial charge in [-0.25, -0.2) is 9.97 Å². The second-order valence-corrected chi connectivity index (χ2v) is 7.82. The lowest BCUT2D eigenvalue weighted by molar-refractivity contribution is -0.114. The molecule has 1 aliphatic rings. The van der Waals surface area contributed by atoms with E-state index in [0.29, 0.717) is 19.1 Å². The molecule has 8 nitrogen and oxygen atoms in total. The number of rotatable bonds is 5. The number of benzene rings is 2. The number of fused-ring (bicyclic) bond motifs is 1. The van der Waals surface area contributed by atoms with Crippen LogP contribution in [0, 0.1) is 0 Å². The van der Waals surface area contributed by atoms with Crippen LogP contribution < -0.4 is 16.0 Å². The van der Waals surface area contributed by atoms with Gasteiger partial charge >= 0.3 is 0 Å². The summed E-state index contributed by atoms with van der Waals surface area (Å²) in [5.41, 5.74) is 5.11. The van der Waals surface area contributed by atoms with E-state index in [0.717, 1.165) is 45.6 Å². The monoisotopic (exact) mass is 440 g/mol. The number of carbonyl (C=O) groups excluding carboxylic acids is 1. The maximum Gasteiger partial charge on any atom is 0.227 e. The van der Waals surface area contributed by atoms with Crippen molar-refractivity contribution >= 4 is 34.1 Å². The van der Waals surface area contributed by atoms with Crippen LogP contribution >= 0.6 is 0 Å². The minimum absolute atomic E-state index is 0.108. The number of anilines is 3. The third-order valence-corrected chi connectivity index (χ3v) is 5.42. The summed E-state index contributed by atoms with van der Waals surface area (Å²) in [5, 5.41) is 10.4. The Balaban J connectivity index is 1.51. The summed E-state index contributed by atoms with van der Waals surface area (Å²) < 4.78 is 5.89. The molecule has 3 heterocycles. The fraction of sp³-hybridized carbons (Fsp3) is 0.200. The van der Waals surface area contributed by atoms with E-state index in [-0.39, 0.29) is 12.0 Å². The molecule has 33 heavy (non-hydrogen) atoms. The number of para-hydroxylation sites is 1. The van der Waals surface area contributed by atoms with Crippen LogP contribution in [0.4, 0.5) is 17.3 Å². The van der Waals surface area contributed by atoms with Crippen LogP contribution in [0.3, 0.4) is 0 Å². The fourth-order valence-corrected chi connectivity index (χ4v) is 3.96. The number of nitrogens with zero attached hydrogens (tertiary/aromatic N) is 3. The molecule has 0 aliphatic carbocycles. The second-order valence-electron chi connectivity index (χ2n) is 7.82. The largest absolute Gasteiger partial charge is 0.369 e. The van der Waals surface area contributed by atoms with E-state index in [1.807, 2.05) is 54.6 Å². The number of nitrogens with one attached hydrogen (secondary N) is 3. The van der Waals surface area contributed by atoms with E-state index in [1.54, 1.807) is 12.4 Å². The van der Waals surface area contributed by atoms with Crippen LogP contribution in [0.5, 0.6) is 0 Å². The Kier molecular flexibility index (Phi) is 5.93. The number of aromatic nitrogens is 3. The Morgan fingerprint density at radius 2 is 2.03 bits per heavy atom. The lowest BCUT2D eigenvalue weighted by atomic mass is 10.0. The van der Waals surface area contributed by atoms with E-state index in [9.17, 15) is 4.79 Å². The minimum atomic E-state index is -0.130. The highest BCUT2D eigenvalue weighted by Gasteiger charge is 2.20. The molecular weight excluding hydrogens is 416 g/mol. The van der Waals surface area contributed by atoms with E-state index >= 15 is 0 Å². The third-order valence-electron chi connectivity index (χ3n) is 5.42. The van der Waals surface area contributed by atoms with Crippen LogP contribution in [0.2, 0.25) is 0 Å². The third kappa shape index (κ3) is 4.67. The quantitative estimate of drug-likeness (QED) is 0.430. The minimum Gasteiger partial charge on any atom is -0.369 e. The van der Waals surface area contributed by atoms with Crippen molar-refractivity contribution in [2.24, 2.45) is 0 Å². The van der Waals surface area contributed by atoms with E-state index in [1.165, 1.54) is 6.92 Å². The van der Waals surface area contributed by atoms with Gasteiger partial charge in [-0.1, -0.05) is 30.3 Å². The average Bonchev–Trinajstić information content (AvgIpc) is 2.84. The van der Waals surface area contributed by atoms with Crippen LogP contribution in [-0.2, 0) is 9.53 Å².